The van der Waals surface area contributed by atoms with Gasteiger partial charge >= 0.3 is 0 Å². The van der Waals surface area contributed by atoms with E-state index in [0.717, 1.165) is 5.56 Å². The first-order valence-electron chi connectivity index (χ1n) is 9.04. The number of rotatable bonds is 6. The summed E-state index contributed by atoms with van der Waals surface area (Å²) in [6.07, 6.45) is -0.945. The quantitative estimate of drug-likeness (QED) is 0.295. The molecule has 4 rings (SSSR count). The van der Waals surface area contributed by atoms with Crippen LogP contribution in [-0.4, -0.2) is 76.5 Å². The molecule has 0 radical (unpaired) electrons. The molecule has 1 aliphatic rings. The molecule has 0 unspecified atom stereocenters. The van der Waals surface area contributed by atoms with Gasteiger partial charge in [0.1, 0.15) is 24.6 Å². The number of hydrogen-bond donors (Lipinski definition) is 6. The zero-order valence-electron chi connectivity index (χ0n) is 15.3. The SMILES string of the molecule is OC[C@@H]1O[C@H](n2cnc3c(NCCc4ccc(O)c(O)c4)ncnc32)[C@H](O)[C@@H]1O. The van der Waals surface area contributed by atoms with Crippen molar-refractivity contribution in [1.82, 2.24) is 19.5 Å². The number of aromatic nitrogens is 4. The number of anilines is 1. The predicted octanol–water partition coefficient (Wildman–Crippen LogP) is -0.496. The topological polar surface area (TPSA) is 166 Å². The van der Waals surface area contributed by atoms with Gasteiger partial charge in [0.2, 0.25) is 0 Å². The molecule has 1 saturated heterocycles. The Labute approximate surface area is 164 Å². The van der Waals surface area contributed by atoms with E-state index in [1.165, 1.54) is 29.4 Å². The normalized spacial score (nSPS) is 24.2. The van der Waals surface area contributed by atoms with Crippen LogP contribution in [0, 0.1) is 0 Å². The second-order valence-corrected chi connectivity index (χ2v) is 6.78. The van der Waals surface area contributed by atoms with Crippen LogP contribution < -0.4 is 5.32 Å². The average Bonchev–Trinajstić information content (AvgIpc) is 3.26. The standard InChI is InChI=1S/C18H21N5O6/c24-6-12-14(27)15(28)18(29-12)23-8-22-13-16(20-7-21-17(13)23)19-4-3-9-1-2-10(25)11(26)5-9/h1-2,5,7-8,12,14-15,18,24-28H,3-4,6H2,(H,19,20,21)/t12-,14+,15+,18-/m0/s1. The lowest BCUT2D eigenvalue weighted by Gasteiger charge is -2.16. The summed E-state index contributed by atoms with van der Waals surface area (Å²) in [6, 6.07) is 4.63. The summed E-state index contributed by atoms with van der Waals surface area (Å²) in [5.41, 5.74) is 1.69. The third-order valence-corrected chi connectivity index (χ3v) is 4.90. The number of ether oxygens (including phenoxy) is 1. The zero-order valence-corrected chi connectivity index (χ0v) is 15.3. The van der Waals surface area contributed by atoms with Gasteiger partial charge in [-0.2, -0.15) is 0 Å². The number of phenols is 2. The van der Waals surface area contributed by atoms with Crippen LogP contribution in [0.5, 0.6) is 11.5 Å². The molecule has 0 amide bonds. The lowest BCUT2D eigenvalue weighted by atomic mass is 10.1. The zero-order chi connectivity index (χ0) is 20.5. The fourth-order valence-corrected chi connectivity index (χ4v) is 3.33. The van der Waals surface area contributed by atoms with Crippen LogP contribution in [0.3, 0.4) is 0 Å². The molecule has 4 atom stereocenters. The average molecular weight is 403 g/mol. The highest BCUT2D eigenvalue weighted by atomic mass is 16.6. The van der Waals surface area contributed by atoms with E-state index in [0.29, 0.717) is 29.9 Å². The van der Waals surface area contributed by atoms with Crippen LogP contribution in [0.4, 0.5) is 5.82 Å². The fraction of sp³-hybridized carbons (Fsp3) is 0.389. The lowest BCUT2D eigenvalue weighted by molar-refractivity contribution is -0.0511. The first-order chi connectivity index (χ1) is 14.0. The van der Waals surface area contributed by atoms with Crippen LogP contribution in [0.1, 0.15) is 11.8 Å². The van der Waals surface area contributed by atoms with Crippen molar-refractivity contribution in [1.29, 1.82) is 0 Å². The number of nitrogens with one attached hydrogen (secondary N) is 1. The Hall–Kier alpha value is -2.99. The molecule has 0 saturated carbocycles. The monoisotopic (exact) mass is 403 g/mol. The maximum atomic E-state index is 10.2. The largest absolute Gasteiger partial charge is 0.504 e. The molecule has 29 heavy (non-hydrogen) atoms. The molecule has 11 nitrogen and oxygen atoms in total. The van der Waals surface area contributed by atoms with Gasteiger partial charge in [0.15, 0.2) is 34.7 Å². The molecule has 1 aromatic carbocycles. The van der Waals surface area contributed by atoms with Crippen molar-refractivity contribution in [2.75, 3.05) is 18.5 Å². The summed E-state index contributed by atoms with van der Waals surface area (Å²) >= 11 is 0. The summed E-state index contributed by atoms with van der Waals surface area (Å²) in [5.74, 6) is 0.127. The van der Waals surface area contributed by atoms with Crippen LogP contribution in [0.15, 0.2) is 30.9 Å². The molecule has 1 fully saturated rings. The van der Waals surface area contributed by atoms with Crippen molar-refractivity contribution < 1.29 is 30.3 Å². The minimum Gasteiger partial charge on any atom is -0.504 e. The van der Waals surface area contributed by atoms with E-state index in [9.17, 15) is 25.5 Å². The number of benzene rings is 1. The summed E-state index contributed by atoms with van der Waals surface area (Å²) in [4.78, 5) is 12.7. The number of imidazole rings is 1. The lowest BCUT2D eigenvalue weighted by Crippen LogP contribution is -2.33. The molecule has 1 aliphatic heterocycles. The van der Waals surface area contributed by atoms with E-state index >= 15 is 0 Å². The predicted molar refractivity (Wildman–Crippen MR) is 100 cm³/mol. The van der Waals surface area contributed by atoms with E-state index < -0.39 is 31.1 Å². The smallest absolute Gasteiger partial charge is 0.167 e. The maximum absolute atomic E-state index is 10.2. The van der Waals surface area contributed by atoms with E-state index in [2.05, 4.69) is 20.3 Å². The van der Waals surface area contributed by atoms with Crippen LogP contribution >= 0.6 is 0 Å². The molecule has 0 aliphatic carbocycles. The van der Waals surface area contributed by atoms with Gasteiger partial charge in [0, 0.05) is 6.54 Å². The number of fused-ring (bicyclic) bond motifs is 1. The van der Waals surface area contributed by atoms with Gasteiger partial charge in [-0.25, -0.2) is 15.0 Å². The minimum atomic E-state index is -1.24. The Morgan fingerprint density at radius 1 is 1.07 bits per heavy atom. The van der Waals surface area contributed by atoms with Gasteiger partial charge in [-0.3, -0.25) is 4.57 Å². The van der Waals surface area contributed by atoms with Crippen molar-refractivity contribution in [3.05, 3.63) is 36.4 Å². The maximum Gasteiger partial charge on any atom is 0.167 e. The van der Waals surface area contributed by atoms with Gasteiger partial charge in [0.25, 0.3) is 0 Å². The fourth-order valence-electron chi connectivity index (χ4n) is 3.33. The molecule has 6 N–H and O–H groups in total. The number of hydrogen-bond acceptors (Lipinski definition) is 10. The third kappa shape index (κ3) is 3.56. The first-order valence-corrected chi connectivity index (χ1v) is 9.04. The van der Waals surface area contributed by atoms with E-state index in [4.69, 9.17) is 4.74 Å². The molecule has 3 heterocycles. The minimum absolute atomic E-state index is 0.172. The summed E-state index contributed by atoms with van der Waals surface area (Å²) in [5, 5.41) is 51.6. The summed E-state index contributed by atoms with van der Waals surface area (Å²) in [6.45, 7) is 0.0625. The van der Waals surface area contributed by atoms with Gasteiger partial charge < -0.3 is 35.6 Å². The highest BCUT2D eigenvalue weighted by Gasteiger charge is 2.44. The summed E-state index contributed by atoms with van der Waals surface area (Å²) < 4.78 is 7.03. The number of nitrogens with zero attached hydrogens (tertiary/aromatic N) is 4. The molecular weight excluding hydrogens is 382 g/mol. The van der Waals surface area contributed by atoms with Crippen LogP contribution in [-0.2, 0) is 11.2 Å². The number of aromatic hydroxyl groups is 2. The van der Waals surface area contributed by atoms with Gasteiger partial charge in [-0.1, -0.05) is 6.07 Å². The Morgan fingerprint density at radius 3 is 2.62 bits per heavy atom. The Morgan fingerprint density at radius 2 is 1.90 bits per heavy atom. The molecular formula is C18H21N5O6. The highest BCUT2D eigenvalue weighted by Crippen LogP contribution is 2.32. The van der Waals surface area contributed by atoms with Gasteiger partial charge in [0.05, 0.1) is 12.9 Å². The molecule has 0 spiro atoms. The first kappa shape index (κ1) is 19.3. The van der Waals surface area contributed by atoms with Gasteiger partial charge in [-0.05, 0) is 24.1 Å². The molecule has 2 aromatic heterocycles. The van der Waals surface area contributed by atoms with Crippen LogP contribution in [0.25, 0.3) is 11.2 Å². The third-order valence-electron chi connectivity index (χ3n) is 4.90. The van der Waals surface area contributed by atoms with Crippen molar-refractivity contribution in [3.8, 4) is 11.5 Å². The Bertz CT molecular complexity index is 1010. The van der Waals surface area contributed by atoms with Crippen LogP contribution in [0.2, 0.25) is 0 Å². The van der Waals surface area contributed by atoms with E-state index in [-0.39, 0.29) is 11.5 Å². The van der Waals surface area contributed by atoms with Crippen molar-refractivity contribution in [2.45, 2.75) is 31.0 Å². The Kier molecular flexibility index (Phi) is 5.20. The molecule has 154 valence electrons. The summed E-state index contributed by atoms with van der Waals surface area (Å²) in [7, 11) is 0. The van der Waals surface area contributed by atoms with E-state index in [1.54, 1.807) is 6.07 Å². The van der Waals surface area contributed by atoms with E-state index in [1.807, 2.05) is 0 Å². The number of aliphatic hydroxyl groups excluding tert-OH is 3. The highest BCUT2D eigenvalue weighted by molar-refractivity contribution is 5.82. The van der Waals surface area contributed by atoms with Crippen molar-refractivity contribution >= 4 is 17.0 Å². The molecule has 11 heteroatoms. The second-order valence-electron chi connectivity index (χ2n) is 6.78. The number of aliphatic hydroxyl groups is 3. The number of phenolic OH excluding ortho intramolecular Hbond substituents is 2. The van der Waals surface area contributed by atoms with Crippen molar-refractivity contribution in [3.63, 3.8) is 0 Å². The second kappa shape index (κ2) is 7.79. The Balaban J connectivity index is 1.51. The van der Waals surface area contributed by atoms with Crippen molar-refractivity contribution in [2.24, 2.45) is 0 Å². The molecule has 3 aromatic rings. The van der Waals surface area contributed by atoms with Gasteiger partial charge in [-0.15, -0.1) is 0 Å². The molecule has 0 bridgehead atoms.